The minimum Gasteiger partial charge on any atom is -0.444 e. The molecule has 0 aromatic carbocycles. The molecule has 0 aliphatic heterocycles. The second-order valence-corrected chi connectivity index (χ2v) is 3.95. The van der Waals surface area contributed by atoms with Gasteiger partial charge in [0.2, 0.25) is 5.89 Å². The molecule has 0 unspecified atom stereocenters. The molecule has 1 aliphatic carbocycles. The van der Waals surface area contributed by atoms with E-state index < -0.39 is 0 Å². The van der Waals surface area contributed by atoms with Crippen molar-refractivity contribution in [3.63, 3.8) is 0 Å². The third kappa shape index (κ3) is 2.79. The van der Waals surface area contributed by atoms with E-state index >= 15 is 0 Å². The van der Waals surface area contributed by atoms with E-state index in [-0.39, 0.29) is 0 Å². The highest BCUT2D eigenvalue weighted by Crippen LogP contribution is 2.36. The molecule has 4 heteroatoms. The van der Waals surface area contributed by atoms with Gasteiger partial charge in [0.05, 0.1) is 19.3 Å². The van der Waals surface area contributed by atoms with Crippen molar-refractivity contribution in [2.24, 2.45) is 0 Å². The summed E-state index contributed by atoms with van der Waals surface area (Å²) in [6, 6.07) is 0. The Labute approximate surface area is 90.0 Å². The molecule has 1 heterocycles. The summed E-state index contributed by atoms with van der Waals surface area (Å²) in [7, 11) is 1.70. The van der Waals surface area contributed by atoms with Crippen LogP contribution >= 0.6 is 0 Å². The molecule has 84 valence electrons. The number of hydrogen-bond donors (Lipinski definition) is 1. The van der Waals surface area contributed by atoms with E-state index in [9.17, 15) is 0 Å². The van der Waals surface area contributed by atoms with Gasteiger partial charge in [-0.1, -0.05) is 6.42 Å². The zero-order chi connectivity index (χ0) is 10.5. The van der Waals surface area contributed by atoms with E-state index in [1.165, 1.54) is 19.3 Å². The molecular formula is C11H18N2O2. The standard InChI is InChI=1S/C11H18N2O2/c1-14-6-5-12-8-11-13-7-10(15-11)9-3-2-4-9/h7,9,12H,2-6,8H2,1H3. The number of nitrogens with zero attached hydrogens (tertiary/aromatic N) is 1. The van der Waals surface area contributed by atoms with Gasteiger partial charge in [0.25, 0.3) is 0 Å². The fourth-order valence-electron chi connectivity index (χ4n) is 1.66. The maximum atomic E-state index is 5.65. The van der Waals surface area contributed by atoms with E-state index in [1.54, 1.807) is 7.11 Å². The maximum Gasteiger partial charge on any atom is 0.208 e. The Morgan fingerprint density at radius 2 is 2.47 bits per heavy atom. The summed E-state index contributed by atoms with van der Waals surface area (Å²) in [5.74, 6) is 2.48. The number of ether oxygens (including phenoxy) is 1. The Balaban J connectivity index is 1.74. The number of rotatable bonds is 6. The van der Waals surface area contributed by atoms with Gasteiger partial charge < -0.3 is 14.5 Å². The monoisotopic (exact) mass is 210 g/mol. The predicted molar refractivity (Wildman–Crippen MR) is 56.7 cm³/mol. The molecule has 1 N–H and O–H groups in total. The molecule has 1 aromatic rings. The number of aromatic nitrogens is 1. The van der Waals surface area contributed by atoms with Gasteiger partial charge in [-0.2, -0.15) is 0 Å². The molecule has 1 aromatic heterocycles. The summed E-state index contributed by atoms with van der Waals surface area (Å²) in [5, 5.41) is 3.21. The second kappa shape index (κ2) is 5.28. The summed E-state index contributed by atoms with van der Waals surface area (Å²) in [5.41, 5.74) is 0. The van der Waals surface area contributed by atoms with E-state index in [1.807, 2.05) is 6.20 Å². The van der Waals surface area contributed by atoms with Crippen molar-refractivity contribution in [2.45, 2.75) is 31.7 Å². The van der Waals surface area contributed by atoms with Gasteiger partial charge in [0.1, 0.15) is 5.76 Å². The van der Waals surface area contributed by atoms with Gasteiger partial charge in [0.15, 0.2) is 0 Å². The molecule has 1 fully saturated rings. The third-order valence-corrected chi connectivity index (χ3v) is 2.84. The van der Waals surface area contributed by atoms with Crippen LogP contribution in [0.4, 0.5) is 0 Å². The van der Waals surface area contributed by atoms with E-state index in [4.69, 9.17) is 9.15 Å². The van der Waals surface area contributed by atoms with Crippen LogP contribution in [0.5, 0.6) is 0 Å². The van der Waals surface area contributed by atoms with Crippen molar-refractivity contribution in [2.75, 3.05) is 20.3 Å². The van der Waals surface area contributed by atoms with Gasteiger partial charge in [-0.25, -0.2) is 4.98 Å². The van der Waals surface area contributed by atoms with E-state index in [2.05, 4.69) is 10.3 Å². The van der Waals surface area contributed by atoms with Gasteiger partial charge in [0, 0.05) is 19.6 Å². The highest BCUT2D eigenvalue weighted by molar-refractivity contribution is 5.05. The summed E-state index contributed by atoms with van der Waals surface area (Å²) < 4.78 is 10.6. The van der Waals surface area contributed by atoms with Crippen LogP contribution in [0.3, 0.4) is 0 Å². The van der Waals surface area contributed by atoms with Crippen LogP contribution < -0.4 is 5.32 Å². The van der Waals surface area contributed by atoms with Crippen LogP contribution in [0.25, 0.3) is 0 Å². The predicted octanol–water partition coefficient (Wildman–Crippen LogP) is 1.68. The van der Waals surface area contributed by atoms with Crippen LogP contribution in [-0.4, -0.2) is 25.2 Å². The minimum absolute atomic E-state index is 0.630. The first-order valence-corrected chi connectivity index (χ1v) is 5.54. The zero-order valence-corrected chi connectivity index (χ0v) is 9.16. The lowest BCUT2D eigenvalue weighted by Crippen LogP contribution is -2.18. The average molecular weight is 210 g/mol. The molecule has 0 saturated heterocycles. The van der Waals surface area contributed by atoms with Crippen molar-refractivity contribution in [1.29, 1.82) is 0 Å². The van der Waals surface area contributed by atoms with Gasteiger partial charge >= 0.3 is 0 Å². The van der Waals surface area contributed by atoms with Crippen LogP contribution in [-0.2, 0) is 11.3 Å². The molecule has 0 atom stereocenters. The lowest BCUT2D eigenvalue weighted by atomic mass is 9.84. The number of nitrogens with one attached hydrogen (secondary N) is 1. The Morgan fingerprint density at radius 1 is 1.60 bits per heavy atom. The smallest absolute Gasteiger partial charge is 0.208 e. The van der Waals surface area contributed by atoms with Crippen molar-refractivity contribution < 1.29 is 9.15 Å². The first kappa shape index (κ1) is 10.6. The van der Waals surface area contributed by atoms with Crippen molar-refractivity contribution in [3.05, 3.63) is 17.8 Å². The Kier molecular flexibility index (Phi) is 3.75. The van der Waals surface area contributed by atoms with E-state index in [0.29, 0.717) is 12.5 Å². The SMILES string of the molecule is COCCNCc1ncc(C2CCC2)o1. The minimum atomic E-state index is 0.630. The molecule has 1 saturated carbocycles. The molecule has 1 aliphatic rings. The second-order valence-electron chi connectivity index (χ2n) is 3.95. The van der Waals surface area contributed by atoms with E-state index in [0.717, 1.165) is 24.8 Å². The van der Waals surface area contributed by atoms with Crippen LogP contribution in [0.1, 0.15) is 36.8 Å². The summed E-state index contributed by atoms with van der Waals surface area (Å²) >= 11 is 0. The number of oxazole rings is 1. The van der Waals surface area contributed by atoms with Crippen LogP contribution in [0.2, 0.25) is 0 Å². The Bertz CT molecular complexity index is 295. The average Bonchev–Trinajstić information content (AvgIpc) is 2.58. The Hall–Kier alpha value is -0.870. The normalized spacial score (nSPS) is 16.6. The lowest BCUT2D eigenvalue weighted by Gasteiger charge is -2.22. The summed E-state index contributed by atoms with van der Waals surface area (Å²) in [6.45, 7) is 2.24. The summed E-state index contributed by atoms with van der Waals surface area (Å²) in [6.07, 6.45) is 5.71. The highest BCUT2D eigenvalue weighted by Gasteiger charge is 2.23. The molecule has 2 rings (SSSR count). The first-order chi connectivity index (χ1) is 7.40. The van der Waals surface area contributed by atoms with Crippen LogP contribution in [0.15, 0.2) is 10.6 Å². The highest BCUT2D eigenvalue weighted by atomic mass is 16.5. The molecule has 0 spiro atoms. The van der Waals surface area contributed by atoms with Gasteiger partial charge in [-0.3, -0.25) is 0 Å². The number of methoxy groups -OCH3 is 1. The molecule has 0 radical (unpaired) electrons. The fraction of sp³-hybridized carbons (Fsp3) is 0.727. The quantitative estimate of drug-likeness (QED) is 0.726. The lowest BCUT2D eigenvalue weighted by molar-refractivity contribution is 0.198. The Morgan fingerprint density at radius 3 is 3.13 bits per heavy atom. The molecule has 4 nitrogen and oxygen atoms in total. The third-order valence-electron chi connectivity index (χ3n) is 2.84. The first-order valence-electron chi connectivity index (χ1n) is 5.54. The molecule has 0 bridgehead atoms. The molecular weight excluding hydrogens is 192 g/mol. The van der Waals surface area contributed by atoms with Gasteiger partial charge in [-0.05, 0) is 12.8 Å². The zero-order valence-electron chi connectivity index (χ0n) is 9.16. The van der Waals surface area contributed by atoms with Crippen molar-refractivity contribution in [1.82, 2.24) is 10.3 Å². The summed E-state index contributed by atoms with van der Waals surface area (Å²) in [4.78, 5) is 4.25. The van der Waals surface area contributed by atoms with Crippen molar-refractivity contribution in [3.8, 4) is 0 Å². The molecule has 0 amide bonds. The fourth-order valence-corrected chi connectivity index (χ4v) is 1.66. The number of hydrogen-bond acceptors (Lipinski definition) is 4. The van der Waals surface area contributed by atoms with Crippen molar-refractivity contribution >= 4 is 0 Å². The van der Waals surface area contributed by atoms with Crippen LogP contribution in [0, 0.1) is 0 Å². The molecule has 15 heavy (non-hydrogen) atoms. The largest absolute Gasteiger partial charge is 0.444 e. The maximum absolute atomic E-state index is 5.65. The van der Waals surface area contributed by atoms with Gasteiger partial charge in [-0.15, -0.1) is 0 Å². The topological polar surface area (TPSA) is 47.3 Å².